The zero-order valence-corrected chi connectivity index (χ0v) is 15.3. The number of nitrogens with zero attached hydrogens (tertiary/aromatic N) is 1. The topological polar surface area (TPSA) is 3.24 Å². The molecule has 0 heterocycles. The van der Waals surface area contributed by atoms with Gasteiger partial charge in [-0.25, -0.2) is 0 Å². The van der Waals surface area contributed by atoms with Crippen molar-refractivity contribution in [2.45, 2.75) is 85.1 Å². The molecule has 0 bridgehead atoms. The fourth-order valence-corrected chi connectivity index (χ4v) is 4.80. The predicted octanol–water partition coefficient (Wildman–Crippen LogP) is 5.60. The molecule has 2 fully saturated rings. The van der Waals surface area contributed by atoms with Gasteiger partial charge in [-0.3, -0.25) is 0 Å². The van der Waals surface area contributed by atoms with Crippen LogP contribution in [-0.2, 0) is 0 Å². The van der Waals surface area contributed by atoms with E-state index in [9.17, 15) is 0 Å². The summed E-state index contributed by atoms with van der Waals surface area (Å²) in [5.41, 5.74) is 0. The highest BCUT2D eigenvalue weighted by Crippen LogP contribution is 2.35. The van der Waals surface area contributed by atoms with Crippen molar-refractivity contribution < 1.29 is 0 Å². The van der Waals surface area contributed by atoms with E-state index in [2.05, 4.69) is 39.6 Å². The van der Waals surface area contributed by atoms with E-state index < -0.39 is 0 Å². The first-order valence-corrected chi connectivity index (χ1v) is 9.67. The van der Waals surface area contributed by atoms with Crippen molar-refractivity contribution in [3.8, 4) is 0 Å². The molecule has 0 unspecified atom stereocenters. The summed E-state index contributed by atoms with van der Waals surface area (Å²) in [6.07, 6.45) is 11.7. The van der Waals surface area contributed by atoms with Gasteiger partial charge in [0.2, 0.25) is 0 Å². The number of rotatable bonds is 5. The minimum atomic E-state index is 0.878. The molecule has 0 N–H and O–H groups in total. The lowest BCUT2D eigenvalue weighted by Crippen LogP contribution is -2.39. The summed E-state index contributed by atoms with van der Waals surface area (Å²) in [6, 6.07) is 0.878. The normalized spacial score (nSPS) is 34.9. The molecule has 0 amide bonds. The van der Waals surface area contributed by atoms with Crippen molar-refractivity contribution in [1.82, 2.24) is 4.90 Å². The Morgan fingerprint density at radius 2 is 1.14 bits per heavy atom. The molecular formula is C20H39N. The van der Waals surface area contributed by atoms with E-state index in [1.54, 1.807) is 0 Å². The van der Waals surface area contributed by atoms with Gasteiger partial charge in [0.1, 0.15) is 0 Å². The molecule has 0 radical (unpaired) electrons. The molecule has 1 heteroatoms. The number of hydrogen-bond donors (Lipinski definition) is 0. The molecule has 2 rings (SSSR count). The maximum Gasteiger partial charge on any atom is 0.00925 e. The largest absolute Gasteiger partial charge is 0.303 e. The first-order valence-electron chi connectivity index (χ1n) is 9.67. The minimum Gasteiger partial charge on any atom is -0.303 e. The van der Waals surface area contributed by atoms with Crippen LogP contribution in [0.25, 0.3) is 0 Å². The maximum absolute atomic E-state index is 2.72. The minimum absolute atomic E-state index is 0.878. The molecule has 1 nitrogen and oxygen atoms in total. The van der Waals surface area contributed by atoms with E-state index in [4.69, 9.17) is 0 Å². The van der Waals surface area contributed by atoms with Crippen molar-refractivity contribution in [1.29, 1.82) is 0 Å². The zero-order chi connectivity index (χ0) is 15.4. The summed E-state index contributed by atoms with van der Waals surface area (Å²) in [7, 11) is 2.40. The molecule has 0 aromatic heterocycles. The Morgan fingerprint density at radius 1 is 0.714 bits per heavy atom. The molecule has 0 aromatic carbocycles. The highest BCUT2D eigenvalue weighted by molar-refractivity contribution is 4.82. The first kappa shape index (κ1) is 17.3. The van der Waals surface area contributed by atoms with E-state index in [1.165, 1.54) is 57.9 Å². The standard InChI is InChI=1S/C20H39N/c1-15(2)18-8-6-17(7-9-18)14-21(5)20-12-10-19(11-13-20)16(3)4/h15-20H,6-14H2,1-5H3. The van der Waals surface area contributed by atoms with Crippen molar-refractivity contribution >= 4 is 0 Å². The van der Waals surface area contributed by atoms with Crippen molar-refractivity contribution in [3.63, 3.8) is 0 Å². The van der Waals surface area contributed by atoms with Gasteiger partial charge in [-0.2, -0.15) is 0 Å². The van der Waals surface area contributed by atoms with E-state index in [-0.39, 0.29) is 0 Å². The Kier molecular flexibility index (Phi) is 6.59. The van der Waals surface area contributed by atoms with E-state index in [0.29, 0.717) is 0 Å². The van der Waals surface area contributed by atoms with Gasteiger partial charge in [0, 0.05) is 12.6 Å². The molecule has 21 heavy (non-hydrogen) atoms. The third-order valence-corrected chi connectivity index (χ3v) is 6.69. The van der Waals surface area contributed by atoms with Gasteiger partial charge in [0.25, 0.3) is 0 Å². The molecule has 124 valence electrons. The molecule has 0 saturated heterocycles. The van der Waals surface area contributed by atoms with Gasteiger partial charge in [-0.1, -0.05) is 27.7 Å². The van der Waals surface area contributed by atoms with Crippen molar-refractivity contribution in [2.24, 2.45) is 29.6 Å². The monoisotopic (exact) mass is 293 g/mol. The van der Waals surface area contributed by atoms with Crippen LogP contribution in [0.5, 0.6) is 0 Å². The smallest absolute Gasteiger partial charge is 0.00925 e. The SMILES string of the molecule is CC(C)C1CCC(CN(C)C2CCC(C(C)C)CC2)CC1. The third-order valence-electron chi connectivity index (χ3n) is 6.69. The van der Waals surface area contributed by atoms with Gasteiger partial charge >= 0.3 is 0 Å². The predicted molar refractivity (Wildman–Crippen MR) is 93.5 cm³/mol. The lowest BCUT2D eigenvalue weighted by atomic mass is 9.76. The summed E-state index contributed by atoms with van der Waals surface area (Å²) in [5.74, 6) is 4.77. The summed E-state index contributed by atoms with van der Waals surface area (Å²) in [6.45, 7) is 11.0. The average Bonchev–Trinajstić information content (AvgIpc) is 2.47. The molecule has 0 aliphatic heterocycles. The molecule has 0 atom stereocenters. The summed E-state index contributed by atoms with van der Waals surface area (Å²) >= 11 is 0. The van der Waals surface area contributed by atoms with Crippen LogP contribution in [0.15, 0.2) is 0 Å². The van der Waals surface area contributed by atoms with Crippen LogP contribution in [0.2, 0.25) is 0 Å². The Morgan fingerprint density at radius 3 is 1.57 bits per heavy atom. The van der Waals surface area contributed by atoms with Gasteiger partial charge < -0.3 is 4.90 Å². The second-order valence-electron chi connectivity index (χ2n) is 8.78. The fraction of sp³-hybridized carbons (Fsp3) is 1.00. The van der Waals surface area contributed by atoms with Crippen LogP contribution in [0.3, 0.4) is 0 Å². The van der Waals surface area contributed by atoms with Gasteiger partial charge in [0.05, 0.1) is 0 Å². The first-order chi connectivity index (χ1) is 9.97. The van der Waals surface area contributed by atoms with Gasteiger partial charge in [-0.05, 0) is 88.0 Å². The van der Waals surface area contributed by atoms with E-state index >= 15 is 0 Å². The Labute approximate surface area is 133 Å². The quantitative estimate of drug-likeness (QED) is 0.638. The number of hydrogen-bond acceptors (Lipinski definition) is 1. The van der Waals surface area contributed by atoms with E-state index in [0.717, 1.165) is 35.6 Å². The van der Waals surface area contributed by atoms with Crippen LogP contribution in [0.4, 0.5) is 0 Å². The van der Waals surface area contributed by atoms with Crippen LogP contribution in [-0.4, -0.2) is 24.5 Å². The fourth-order valence-electron chi connectivity index (χ4n) is 4.80. The highest BCUT2D eigenvalue weighted by atomic mass is 15.1. The summed E-state index contributed by atoms with van der Waals surface area (Å²) in [4.78, 5) is 2.72. The van der Waals surface area contributed by atoms with E-state index in [1.807, 2.05) is 0 Å². The average molecular weight is 294 g/mol. The second kappa shape index (κ2) is 7.99. The third kappa shape index (κ3) is 4.98. The molecule has 2 aliphatic carbocycles. The Hall–Kier alpha value is -0.0400. The zero-order valence-electron chi connectivity index (χ0n) is 15.3. The van der Waals surface area contributed by atoms with Crippen molar-refractivity contribution in [2.75, 3.05) is 13.6 Å². The molecule has 2 saturated carbocycles. The molecule has 2 aliphatic rings. The van der Waals surface area contributed by atoms with Crippen LogP contribution >= 0.6 is 0 Å². The van der Waals surface area contributed by atoms with Crippen LogP contribution < -0.4 is 0 Å². The molecular weight excluding hydrogens is 254 g/mol. The Bertz CT molecular complexity index is 280. The highest BCUT2D eigenvalue weighted by Gasteiger charge is 2.28. The van der Waals surface area contributed by atoms with Gasteiger partial charge in [0.15, 0.2) is 0 Å². The maximum atomic E-state index is 2.72. The lowest BCUT2D eigenvalue weighted by molar-refractivity contribution is 0.111. The summed E-state index contributed by atoms with van der Waals surface area (Å²) in [5, 5.41) is 0. The van der Waals surface area contributed by atoms with Crippen LogP contribution in [0, 0.1) is 29.6 Å². The second-order valence-corrected chi connectivity index (χ2v) is 8.78. The van der Waals surface area contributed by atoms with Crippen molar-refractivity contribution in [3.05, 3.63) is 0 Å². The Balaban J connectivity index is 1.70. The summed E-state index contributed by atoms with van der Waals surface area (Å²) < 4.78 is 0. The molecule has 0 aromatic rings. The lowest BCUT2D eigenvalue weighted by Gasteiger charge is -2.39. The molecule has 0 spiro atoms. The van der Waals surface area contributed by atoms with Gasteiger partial charge in [-0.15, -0.1) is 0 Å². The van der Waals surface area contributed by atoms with Crippen LogP contribution in [0.1, 0.15) is 79.1 Å².